The quantitative estimate of drug-likeness (QED) is 0.290. The van der Waals surface area contributed by atoms with Gasteiger partial charge in [0.15, 0.2) is 0 Å². The highest BCUT2D eigenvalue weighted by Gasteiger charge is 2.25. The first-order valence-corrected chi connectivity index (χ1v) is 16.1. The van der Waals surface area contributed by atoms with Crippen LogP contribution in [0.3, 0.4) is 0 Å². The predicted molar refractivity (Wildman–Crippen MR) is 172 cm³/mol. The Labute approximate surface area is 262 Å². The number of fused-ring (bicyclic) bond motifs is 5. The van der Waals surface area contributed by atoms with E-state index in [9.17, 15) is 13.2 Å². The molecule has 0 fully saturated rings. The Morgan fingerprint density at radius 1 is 0.978 bits per heavy atom. The lowest BCUT2D eigenvalue weighted by atomic mass is 9.92. The summed E-state index contributed by atoms with van der Waals surface area (Å²) in [5.74, 6) is 0.121. The van der Waals surface area contributed by atoms with Gasteiger partial charge < -0.3 is 14.2 Å². The first-order valence-electron chi connectivity index (χ1n) is 14.6. The predicted octanol–water partition coefficient (Wildman–Crippen LogP) is 5.18. The number of carbonyl (C=O) groups excluding carboxylic acids is 1. The normalized spacial score (nSPS) is 15.1. The highest BCUT2D eigenvalue weighted by Crippen LogP contribution is 2.30. The molecule has 6 rings (SSSR count). The molecule has 232 valence electrons. The van der Waals surface area contributed by atoms with Gasteiger partial charge in [-0.15, -0.1) is 0 Å². The van der Waals surface area contributed by atoms with E-state index in [-0.39, 0.29) is 53.3 Å². The molecule has 1 aliphatic rings. The fourth-order valence-corrected chi connectivity index (χ4v) is 6.66. The lowest BCUT2D eigenvalue weighted by Gasteiger charge is -2.22. The van der Waals surface area contributed by atoms with Crippen LogP contribution in [-0.4, -0.2) is 56.9 Å². The third-order valence-corrected chi connectivity index (χ3v) is 9.20. The van der Waals surface area contributed by atoms with Crippen molar-refractivity contribution >= 4 is 32.9 Å². The number of sulfonamides is 1. The first-order chi connectivity index (χ1) is 21.3. The maximum atomic E-state index is 13.9. The van der Waals surface area contributed by atoms with Crippen molar-refractivity contribution in [3.63, 3.8) is 0 Å². The summed E-state index contributed by atoms with van der Waals surface area (Å²) in [7, 11) is -2.17. The number of anilines is 1. The molecular formula is C33H35N7O4S. The zero-order valence-electron chi connectivity index (χ0n) is 26.1. The van der Waals surface area contributed by atoms with Crippen molar-refractivity contribution in [1.82, 2.24) is 29.4 Å². The van der Waals surface area contributed by atoms with Crippen molar-refractivity contribution in [3.05, 3.63) is 89.0 Å². The minimum Gasteiger partial charge on any atom is -0.476 e. The number of benzene rings is 2. The third-order valence-electron chi connectivity index (χ3n) is 7.87. The second-order valence-corrected chi connectivity index (χ2v) is 14.0. The van der Waals surface area contributed by atoms with Gasteiger partial charge in [-0.1, -0.05) is 45.0 Å². The van der Waals surface area contributed by atoms with Crippen LogP contribution in [0.25, 0.3) is 22.3 Å². The van der Waals surface area contributed by atoms with E-state index in [4.69, 9.17) is 9.72 Å². The van der Waals surface area contributed by atoms with Crippen LogP contribution in [-0.2, 0) is 29.0 Å². The van der Waals surface area contributed by atoms with Crippen LogP contribution >= 0.6 is 0 Å². The van der Waals surface area contributed by atoms with Crippen LogP contribution in [0.4, 0.5) is 5.95 Å². The number of nitrogens with zero attached hydrogens (tertiary/aromatic N) is 6. The molecule has 5 aromatic rings. The van der Waals surface area contributed by atoms with Gasteiger partial charge in [0.25, 0.3) is 15.9 Å². The monoisotopic (exact) mass is 625 g/mol. The van der Waals surface area contributed by atoms with E-state index in [2.05, 4.69) is 46.5 Å². The Morgan fingerprint density at radius 3 is 2.44 bits per heavy atom. The largest absolute Gasteiger partial charge is 0.476 e. The molecule has 45 heavy (non-hydrogen) atoms. The zero-order chi connectivity index (χ0) is 32.1. The van der Waals surface area contributed by atoms with Crippen LogP contribution in [0.1, 0.15) is 53.8 Å². The van der Waals surface area contributed by atoms with E-state index in [1.807, 2.05) is 43.7 Å². The first kappa shape index (κ1) is 30.2. The van der Waals surface area contributed by atoms with E-state index in [0.717, 1.165) is 33.4 Å². The number of aromatic nitrogens is 5. The summed E-state index contributed by atoms with van der Waals surface area (Å²) < 4.78 is 37.5. The summed E-state index contributed by atoms with van der Waals surface area (Å²) in [5.41, 5.74) is 5.33. The molecule has 4 heterocycles. The number of hydrogen-bond donors (Lipinski definition) is 1. The summed E-state index contributed by atoms with van der Waals surface area (Å²) in [6.07, 6.45) is 1.77. The van der Waals surface area contributed by atoms with E-state index in [1.165, 1.54) is 18.2 Å². The van der Waals surface area contributed by atoms with Gasteiger partial charge in [0.2, 0.25) is 11.8 Å². The van der Waals surface area contributed by atoms with Gasteiger partial charge in [-0.2, -0.15) is 4.98 Å². The Hall–Kier alpha value is -4.84. The molecule has 0 spiro atoms. The number of nitrogens with one attached hydrogen (secondary N) is 1. The average molecular weight is 626 g/mol. The van der Waals surface area contributed by atoms with Crippen LogP contribution < -0.4 is 9.46 Å². The molecule has 3 aromatic heterocycles. The van der Waals surface area contributed by atoms with Gasteiger partial charge in [-0.25, -0.2) is 28.1 Å². The molecule has 0 radical (unpaired) electrons. The van der Waals surface area contributed by atoms with Crippen LogP contribution in [0.15, 0.2) is 65.7 Å². The van der Waals surface area contributed by atoms with Gasteiger partial charge in [0, 0.05) is 46.9 Å². The summed E-state index contributed by atoms with van der Waals surface area (Å²) in [6.45, 7) is 10.7. The van der Waals surface area contributed by atoms with Crippen molar-refractivity contribution in [3.8, 4) is 17.1 Å². The van der Waals surface area contributed by atoms with E-state index in [0.29, 0.717) is 11.5 Å². The van der Waals surface area contributed by atoms with Gasteiger partial charge in [0.05, 0.1) is 23.7 Å². The Balaban J connectivity index is 1.40. The SMILES string of the molecule is Cc1cccc(C)c1-c1cc2nc(n1)NS(=O)(=O)c1cccc(c1)C(=O)N(Cc1ncc3cc(C(C)(C)C)n(C)c3n1)CCO2. The number of carbonyl (C=O) groups is 1. The number of amides is 1. The highest BCUT2D eigenvalue weighted by molar-refractivity contribution is 7.92. The molecule has 0 saturated heterocycles. The standard InChI is InChI=1S/C33H35N7O4S/c1-20-9-7-10-21(2)29(20)25-17-28-37-32(35-25)38-45(42,43)24-12-8-11-22(15-24)31(41)40(13-14-44-28)19-27-34-18-23-16-26(33(3,4)5)39(6)30(23)36-27/h7-12,15-18H,13-14,19H2,1-6H3,(H,35,37,38). The lowest BCUT2D eigenvalue weighted by molar-refractivity contribution is 0.0710. The van der Waals surface area contributed by atoms with Crippen LogP contribution in [0.2, 0.25) is 0 Å². The summed E-state index contributed by atoms with van der Waals surface area (Å²) in [6, 6.07) is 15.5. The number of hydrogen-bond acceptors (Lipinski definition) is 8. The van der Waals surface area contributed by atoms with Crippen molar-refractivity contribution in [2.75, 3.05) is 17.9 Å². The zero-order valence-corrected chi connectivity index (χ0v) is 26.9. The maximum absolute atomic E-state index is 13.9. The molecule has 0 saturated carbocycles. The molecule has 4 bridgehead atoms. The molecule has 1 N–H and O–H groups in total. The number of rotatable bonds is 3. The van der Waals surface area contributed by atoms with E-state index in [1.54, 1.807) is 23.2 Å². The minimum atomic E-state index is -4.15. The molecule has 2 aromatic carbocycles. The third kappa shape index (κ3) is 5.97. The summed E-state index contributed by atoms with van der Waals surface area (Å²) >= 11 is 0. The molecule has 12 heteroatoms. The molecular weight excluding hydrogens is 590 g/mol. The smallest absolute Gasteiger partial charge is 0.264 e. The average Bonchev–Trinajstić information content (AvgIpc) is 3.32. The van der Waals surface area contributed by atoms with Crippen LogP contribution in [0.5, 0.6) is 5.88 Å². The Kier molecular flexibility index (Phi) is 7.56. The van der Waals surface area contributed by atoms with Crippen LogP contribution in [0, 0.1) is 13.8 Å². The fourth-order valence-electron chi connectivity index (χ4n) is 5.67. The van der Waals surface area contributed by atoms with Crippen molar-refractivity contribution in [2.24, 2.45) is 7.05 Å². The molecule has 0 atom stereocenters. The van der Waals surface area contributed by atoms with Crippen molar-refractivity contribution < 1.29 is 17.9 Å². The summed E-state index contributed by atoms with van der Waals surface area (Å²) in [4.78, 5) is 33.6. The molecule has 1 amide bonds. The molecule has 0 aliphatic carbocycles. The molecule has 1 aliphatic heterocycles. The van der Waals surface area contributed by atoms with E-state index >= 15 is 0 Å². The number of ether oxygens (including phenoxy) is 1. The second kappa shape index (κ2) is 11.3. The van der Waals surface area contributed by atoms with Gasteiger partial charge in [-0.3, -0.25) is 4.79 Å². The molecule has 0 unspecified atom stereocenters. The van der Waals surface area contributed by atoms with Crippen molar-refractivity contribution in [1.29, 1.82) is 0 Å². The van der Waals surface area contributed by atoms with Gasteiger partial charge in [0.1, 0.15) is 18.1 Å². The lowest BCUT2D eigenvalue weighted by Crippen LogP contribution is -2.35. The number of aryl methyl sites for hydroxylation is 3. The topological polar surface area (TPSA) is 132 Å². The van der Waals surface area contributed by atoms with Gasteiger partial charge in [-0.05, 0) is 49.2 Å². The Bertz CT molecular complexity index is 2050. The summed E-state index contributed by atoms with van der Waals surface area (Å²) in [5, 5.41) is 0.912. The highest BCUT2D eigenvalue weighted by atomic mass is 32.2. The second-order valence-electron chi connectivity index (χ2n) is 12.3. The van der Waals surface area contributed by atoms with E-state index < -0.39 is 10.0 Å². The fraction of sp³-hybridized carbons (Fsp3) is 0.303. The van der Waals surface area contributed by atoms with Gasteiger partial charge >= 0.3 is 0 Å². The maximum Gasteiger partial charge on any atom is 0.264 e. The Morgan fingerprint density at radius 2 is 1.71 bits per heavy atom. The van der Waals surface area contributed by atoms with Crippen molar-refractivity contribution in [2.45, 2.75) is 51.5 Å². The minimum absolute atomic E-state index is 0.0847. The molecule has 11 nitrogen and oxygen atoms in total.